The number of rotatable bonds is 4. The molecule has 1 aromatic rings. The number of carbonyl (C=O) groups is 2. The number of aromatic nitrogens is 2. The molecule has 0 aromatic carbocycles. The lowest BCUT2D eigenvalue weighted by Crippen LogP contribution is -2.46. The predicted molar refractivity (Wildman–Crippen MR) is 64.9 cm³/mol. The van der Waals surface area contributed by atoms with Crippen molar-refractivity contribution in [2.45, 2.75) is 31.9 Å². The molecule has 2 amide bonds. The summed E-state index contributed by atoms with van der Waals surface area (Å²) in [6.45, 7) is 1.95. The van der Waals surface area contributed by atoms with E-state index in [2.05, 4.69) is 15.5 Å². The number of aryl methyl sites for hydroxylation is 1. The van der Waals surface area contributed by atoms with Crippen LogP contribution in [0, 0.1) is 6.92 Å². The van der Waals surface area contributed by atoms with Crippen LogP contribution in [-0.4, -0.2) is 62.5 Å². The van der Waals surface area contributed by atoms with E-state index in [4.69, 9.17) is 9.63 Å². The van der Waals surface area contributed by atoms with Crippen molar-refractivity contribution >= 4 is 12.0 Å². The summed E-state index contributed by atoms with van der Waals surface area (Å²) < 4.78 is 4.89. The maximum Gasteiger partial charge on any atom is 0.326 e. The van der Waals surface area contributed by atoms with Crippen LogP contribution in [0.25, 0.3) is 0 Å². The Labute approximate surface area is 114 Å². The van der Waals surface area contributed by atoms with E-state index in [0.717, 1.165) is 4.90 Å². The third kappa shape index (κ3) is 3.23. The molecule has 3 N–H and O–H groups in total. The van der Waals surface area contributed by atoms with E-state index in [9.17, 15) is 14.7 Å². The first-order valence-corrected chi connectivity index (χ1v) is 6.22. The summed E-state index contributed by atoms with van der Waals surface area (Å²) >= 11 is 0. The van der Waals surface area contributed by atoms with Gasteiger partial charge in [-0.1, -0.05) is 5.16 Å². The van der Waals surface area contributed by atoms with Crippen LogP contribution in [0.1, 0.15) is 18.1 Å². The molecule has 2 heterocycles. The SMILES string of the molecule is Cc1noc(CCNC(=O)N2C[C@H](O)C[C@@H]2C(=O)O)n1. The first-order valence-electron chi connectivity index (χ1n) is 6.22. The Morgan fingerprint density at radius 1 is 1.55 bits per heavy atom. The van der Waals surface area contributed by atoms with Crippen molar-refractivity contribution in [3.05, 3.63) is 11.7 Å². The number of carbonyl (C=O) groups excluding carboxylic acids is 1. The average Bonchev–Trinajstić information content (AvgIpc) is 2.95. The molecule has 0 bridgehead atoms. The lowest BCUT2D eigenvalue weighted by Gasteiger charge is -2.21. The lowest BCUT2D eigenvalue weighted by atomic mass is 10.2. The second-order valence-electron chi connectivity index (χ2n) is 4.61. The van der Waals surface area contributed by atoms with Gasteiger partial charge in [-0.15, -0.1) is 0 Å². The molecule has 0 spiro atoms. The molecule has 0 radical (unpaired) electrons. The summed E-state index contributed by atoms with van der Waals surface area (Å²) in [6.07, 6.45) is -0.396. The lowest BCUT2D eigenvalue weighted by molar-refractivity contribution is -0.141. The molecule has 1 aromatic heterocycles. The van der Waals surface area contributed by atoms with Crippen LogP contribution in [0.2, 0.25) is 0 Å². The topological polar surface area (TPSA) is 129 Å². The number of likely N-dealkylation sites (tertiary alicyclic amines) is 1. The van der Waals surface area contributed by atoms with Gasteiger partial charge >= 0.3 is 12.0 Å². The van der Waals surface area contributed by atoms with Gasteiger partial charge in [0.1, 0.15) is 6.04 Å². The number of hydrogen-bond acceptors (Lipinski definition) is 6. The number of carboxylic acids is 1. The summed E-state index contributed by atoms with van der Waals surface area (Å²) in [4.78, 5) is 28.0. The van der Waals surface area contributed by atoms with Gasteiger partial charge in [-0.25, -0.2) is 9.59 Å². The smallest absolute Gasteiger partial charge is 0.326 e. The first-order chi connectivity index (χ1) is 9.47. The monoisotopic (exact) mass is 284 g/mol. The number of carboxylic acid groups (broad SMARTS) is 1. The Hall–Kier alpha value is -2.16. The van der Waals surface area contributed by atoms with Gasteiger partial charge in [0.05, 0.1) is 6.10 Å². The van der Waals surface area contributed by atoms with Crippen molar-refractivity contribution in [1.82, 2.24) is 20.4 Å². The highest BCUT2D eigenvalue weighted by atomic mass is 16.5. The van der Waals surface area contributed by atoms with E-state index in [0.29, 0.717) is 18.1 Å². The molecule has 1 aliphatic heterocycles. The van der Waals surface area contributed by atoms with E-state index in [1.54, 1.807) is 6.92 Å². The highest BCUT2D eigenvalue weighted by molar-refractivity contribution is 5.83. The van der Waals surface area contributed by atoms with Crippen LogP contribution in [0.4, 0.5) is 4.79 Å². The van der Waals surface area contributed by atoms with E-state index < -0.39 is 24.1 Å². The van der Waals surface area contributed by atoms with Crippen LogP contribution in [0.5, 0.6) is 0 Å². The molecule has 2 atom stereocenters. The van der Waals surface area contributed by atoms with Crippen LogP contribution < -0.4 is 5.32 Å². The number of aliphatic carboxylic acids is 1. The van der Waals surface area contributed by atoms with Crippen LogP contribution in [0.15, 0.2) is 4.52 Å². The number of amides is 2. The Kier molecular flexibility index (Phi) is 4.18. The van der Waals surface area contributed by atoms with E-state index >= 15 is 0 Å². The van der Waals surface area contributed by atoms with Crippen molar-refractivity contribution < 1.29 is 24.3 Å². The van der Waals surface area contributed by atoms with Crippen LogP contribution in [0.3, 0.4) is 0 Å². The average molecular weight is 284 g/mol. The molecular weight excluding hydrogens is 268 g/mol. The van der Waals surface area contributed by atoms with Gasteiger partial charge < -0.3 is 25.0 Å². The second kappa shape index (κ2) is 5.87. The molecule has 2 rings (SSSR count). The molecule has 9 heteroatoms. The van der Waals surface area contributed by atoms with Crippen molar-refractivity contribution in [1.29, 1.82) is 0 Å². The van der Waals surface area contributed by atoms with Crippen LogP contribution in [-0.2, 0) is 11.2 Å². The Balaban J connectivity index is 1.83. The Bertz CT molecular complexity index is 503. The molecule has 0 aliphatic carbocycles. The quantitative estimate of drug-likeness (QED) is 0.656. The minimum atomic E-state index is -1.12. The summed E-state index contributed by atoms with van der Waals surface area (Å²) in [5.41, 5.74) is 0. The Morgan fingerprint density at radius 3 is 2.90 bits per heavy atom. The van der Waals surface area contributed by atoms with Gasteiger partial charge in [-0.3, -0.25) is 0 Å². The molecule has 1 saturated heterocycles. The fourth-order valence-corrected chi connectivity index (χ4v) is 2.09. The summed E-state index contributed by atoms with van der Waals surface area (Å²) in [7, 11) is 0. The molecule has 20 heavy (non-hydrogen) atoms. The summed E-state index contributed by atoms with van der Waals surface area (Å²) in [5, 5.41) is 24.6. The zero-order valence-electron chi connectivity index (χ0n) is 10.9. The number of urea groups is 1. The second-order valence-corrected chi connectivity index (χ2v) is 4.61. The molecule has 1 aliphatic rings. The highest BCUT2D eigenvalue weighted by Gasteiger charge is 2.38. The third-order valence-electron chi connectivity index (χ3n) is 3.01. The normalized spacial score (nSPS) is 22.0. The van der Waals surface area contributed by atoms with Gasteiger partial charge in [0.25, 0.3) is 0 Å². The van der Waals surface area contributed by atoms with E-state index in [1.165, 1.54) is 0 Å². The first kappa shape index (κ1) is 14.3. The molecule has 110 valence electrons. The fourth-order valence-electron chi connectivity index (χ4n) is 2.09. The van der Waals surface area contributed by atoms with Gasteiger partial charge in [0.2, 0.25) is 5.89 Å². The number of nitrogens with zero attached hydrogens (tertiary/aromatic N) is 3. The van der Waals surface area contributed by atoms with E-state index in [1.807, 2.05) is 0 Å². The minimum absolute atomic E-state index is 0.0163. The maximum absolute atomic E-state index is 11.9. The van der Waals surface area contributed by atoms with Gasteiger partial charge in [0, 0.05) is 25.9 Å². The molecule has 9 nitrogen and oxygen atoms in total. The number of nitrogens with one attached hydrogen (secondary N) is 1. The van der Waals surface area contributed by atoms with Crippen molar-refractivity contribution in [3.8, 4) is 0 Å². The van der Waals surface area contributed by atoms with Crippen molar-refractivity contribution in [2.24, 2.45) is 0 Å². The summed E-state index contributed by atoms with van der Waals surface area (Å²) in [5.74, 6) is -0.205. The standard InChI is InChI=1S/C11H16N4O5/c1-6-13-9(20-14-6)2-3-12-11(19)15-5-7(16)4-8(15)10(17)18/h7-8,16H,2-5H2,1H3,(H,12,19)(H,17,18)/t7-,8-/m1/s1. The minimum Gasteiger partial charge on any atom is -0.480 e. The van der Waals surface area contributed by atoms with Gasteiger partial charge in [-0.2, -0.15) is 4.98 Å². The number of hydrogen-bond donors (Lipinski definition) is 3. The number of β-amino-alcohol motifs (C(OH)–C–C–N with tert-alkyl or cyclic N) is 1. The van der Waals surface area contributed by atoms with Crippen molar-refractivity contribution in [3.63, 3.8) is 0 Å². The zero-order chi connectivity index (χ0) is 14.7. The maximum atomic E-state index is 11.9. The van der Waals surface area contributed by atoms with Gasteiger partial charge in [0.15, 0.2) is 5.82 Å². The van der Waals surface area contributed by atoms with Crippen LogP contribution >= 0.6 is 0 Å². The van der Waals surface area contributed by atoms with Crippen molar-refractivity contribution in [2.75, 3.05) is 13.1 Å². The van der Waals surface area contributed by atoms with E-state index in [-0.39, 0.29) is 19.5 Å². The number of aliphatic hydroxyl groups is 1. The Morgan fingerprint density at radius 2 is 2.30 bits per heavy atom. The summed E-state index contributed by atoms with van der Waals surface area (Å²) in [6, 6.07) is -1.51. The highest BCUT2D eigenvalue weighted by Crippen LogP contribution is 2.17. The zero-order valence-corrected chi connectivity index (χ0v) is 10.9. The largest absolute Gasteiger partial charge is 0.480 e. The van der Waals surface area contributed by atoms with Gasteiger partial charge in [-0.05, 0) is 6.92 Å². The fraction of sp³-hybridized carbons (Fsp3) is 0.636. The molecular formula is C11H16N4O5. The molecule has 0 saturated carbocycles. The predicted octanol–water partition coefficient (Wildman–Crippen LogP) is -0.850. The molecule has 1 fully saturated rings. The number of aliphatic hydroxyl groups excluding tert-OH is 1. The molecule has 0 unspecified atom stereocenters. The third-order valence-corrected chi connectivity index (χ3v) is 3.01.